The molecule has 0 aliphatic carbocycles. The maximum absolute atomic E-state index is 11.9. The van der Waals surface area contributed by atoms with Gasteiger partial charge >= 0.3 is 0 Å². The lowest BCUT2D eigenvalue weighted by molar-refractivity contribution is -0.139. The fourth-order valence-corrected chi connectivity index (χ4v) is 2.27. The first-order valence-corrected chi connectivity index (χ1v) is 6.20. The fraction of sp³-hybridized carbons (Fsp3) is 0.429. The van der Waals surface area contributed by atoms with E-state index < -0.39 is 0 Å². The van der Waals surface area contributed by atoms with Crippen LogP contribution in [0, 0.1) is 5.92 Å². The first-order chi connectivity index (χ1) is 8.63. The van der Waals surface area contributed by atoms with Gasteiger partial charge in [-0.1, -0.05) is 37.3 Å². The van der Waals surface area contributed by atoms with E-state index in [1.165, 1.54) is 4.90 Å². The molecular formula is C14H18N2O2. The lowest BCUT2D eigenvalue weighted by Gasteiger charge is -2.22. The third-order valence-corrected chi connectivity index (χ3v) is 3.39. The van der Waals surface area contributed by atoms with Crippen molar-refractivity contribution in [2.24, 2.45) is 5.92 Å². The van der Waals surface area contributed by atoms with Crippen LogP contribution in [-0.4, -0.2) is 30.3 Å². The summed E-state index contributed by atoms with van der Waals surface area (Å²) in [7, 11) is 1.84. The van der Waals surface area contributed by atoms with E-state index in [1.54, 1.807) is 6.92 Å². The molecule has 1 aromatic rings. The number of carbonyl (C=O) groups is 2. The highest BCUT2D eigenvalue weighted by Gasteiger charge is 2.36. The van der Waals surface area contributed by atoms with Gasteiger partial charge in [0, 0.05) is 18.9 Å². The Morgan fingerprint density at radius 1 is 1.33 bits per heavy atom. The molecule has 1 aliphatic heterocycles. The second-order valence-corrected chi connectivity index (χ2v) is 4.70. The van der Waals surface area contributed by atoms with Gasteiger partial charge in [0.1, 0.15) is 0 Å². The topological polar surface area (TPSA) is 49.4 Å². The Balaban J connectivity index is 2.12. The van der Waals surface area contributed by atoms with Gasteiger partial charge in [0.15, 0.2) is 0 Å². The van der Waals surface area contributed by atoms with Crippen LogP contribution >= 0.6 is 0 Å². The molecule has 2 unspecified atom stereocenters. The van der Waals surface area contributed by atoms with E-state index in [2.05, 4.69) is 5.32 Å². The van der Waals surface area contributed by atoms with Crippen LogP contribution in [0.3, 0.4) is 0 Å². The van der Waals surface area contributed by atoms with Crippen LogP contribution in [0.1, 0.15) is 24.9 Å². The summed E-state index contributed by atoms with van der Waals surface area (Å²) >= 11 is 0. The number of amides is 2. The smallest absolute Gasteiger partial charge is 0.232 e. The third-order valence-electron chi connectivity index (χ3n) is 3.39. The quantitative estimate of drug-likeness (QED) is 0.816. The predicted octanol–water partition coefficient (Wildman–Crippen LogP) is 1.34. The van der Waals surface area contributed by atoms with Crippen molar-refractivity contribution in [3.05, 3.63) is 35.9 Å². The van der Waals surface area contributed by atoms with Crippen molar-refractivity contribution in [2.45, 2.75) is 19.4 Å². The van der Waals surface area contributed by atoms with Crippen molar-refractivity contribution in [3.8, 4) is 0 Å². The Morgan fingerprint density at radius 2 is 2.00 bits per heavy atom. The van der Waals surface area contributed by atoms with E-state index >= 15 is 0 Å². The van der Waals surface area contributed by atoms with Crippen molar-refractivity contribution in [3.63, 3.8) is 0 Å². The first-order valence-electron chi connectivity index (χ1n) is 6.20. The highest BCUT2D eigenvalue weighted by molar-refractivity contribution is 6.03. The molecule has 1 aliphatic rings. The standard InChI is InChI=1S/C14H18N2O2/c1-10-8-13(17)16(14(10)18)9-12(15-2)11-6-4-3-5-7-11/h3-7,10,12,15H,8-9H2,1-2H3. The number of nitrogens with zero attached hydrogens (tertiary/aromatic N) is 1. The van der Waals surface area contributed by atoms with Crippen LogP contribution in [0.5, 0.6) is 0 Å². The molecule has 1 N–H and O–H groups in total. The lowest BCUT2D eigenvalue weighted by Crippen LogP contribution is -2.37. The number of carbonyl (C=O) groups excluding carboxylic acids is 2. The number of hydrogen-bond acceptors (Lipinski definition) is 3. The molecule has 96 valence electrons. The number of imide groups is 1. The number of likely N-dealkylation sites (N-methyl/N-ethyl adjacent to an activating group) is 1. The summed E-state index contributed by atoms with van der Waals surface area (Å²) in [6.45, 7) is 2.21. The highest BCUT2D eigenvalue weighted by Crippen LogP contribution is 2.22. The maximum Gasteiger partial charge on any atom is 0.232 e. The Kier molecular flexibility index (Phi) is 3.77. The van der Waals surface area contributed by atoms with E-state index in [0.717, 1.165) is 5.56 Å². The number of benzene rings is 1. The zero-order valence-electron chi connectivity index (χ0n) is 10.7. The molecule has 0 bridgehead atoms. The van der Waals surface area contributed by atoms with Crippen molar-refractivity contribution in [1.29, 1.82) is 0 Å². The Labute approximate surface area is 107 Å². The van der Waals surface area contributed by atoms with Crippen LogP contribution in [-0.2, 0) is 9.59 Å². The molecule has 0 radical (unpaired) electrons. The summed E-state index contributed by atoms with van der Waals surface area (Å²) in [5.74, 6) is -0.300. The molecular weight excluding hydrogens is 228 g/mol. The van der Waals surface area contributed by atoms with Crippen LogP contribution in [0.25, 0.3) is 0 Å². The van der Waals surface area contributed by atoms with Gasteiger partial charge in [0.2, 0.25) is 11.8 Å². The Bertz CT molecular complexity index is 444. The minimum atomic E-state index is -0.175. The summed E-state index contributed by atoms with van der Waals surface area (Å²) in [5.41, 5.74) is 1.08. The van der Waals surface area contributed by atoms with Gasteiger partial charge in [-0.25, -0.2) is 0 Å². The van der Waals surface area contributed by atoms with Crippen LogP contribution in [0.4, 0.5) is 0 Å². The molecule has 2 atom stereocenters. The lowest BCUT2D eigenvalue weighted by atomic mass is 10.1. The van der Waals surface area contributed by atoms with Gasteiger partial charge in [0.25, 0.3) is 0 Å². The average Bonchev–Trinajstić information content (AvgIpc) is 2.62. The first kappa shape index (κ1) is 12.8. The zero-order valence-corrected chi connectivity index (χ0v) is 10.7. The molecule has 0 spiro atoms. The van der Waals surface area contributed by atoms with Gasteiger partial charge in [-0.3, -0.25) is 14.5 Å². The molecule has 4 nitrogen and oxygen atoms in total. The van der Waals surface area contributed by atoms with Crippen LogP contribution < -0.4 is 5.32 Å². The second kappa shape index (κ2) is 5.31. The molecule has 1 saturated heterocycles. The van der Waals surface area contributed by atoms with E-state index in [-0.39, 0.29) is 23.8 Å². The van der Waals surface area contributed by atoms with E-state index in [1.807, 2.05) is 37.4 Å². The molecule has 0 aromatic heterocycles. The molecule has 2 amide bonds. The largest absolute Gasteiger partial charge is 0.312 e. The fourth-order valence-electron chi connectivity index (χ4n) is 2.27. The van der Waals surface area contributed by atoms with E-state index in [9.17, 15) is 9.59 Å². The maximum atomic E-state index is 11.9. The minimum Gasteiger partial charge on any atom is -0.312 e. The van der Waals surface area contributed by atoms with E-state index in [0.29, 0.717) is 13.0 Å². The Morgan fingerprint density at radius 3 is 2.50 bits per heavy atom. The van der Waals surface area contributed by atoms with Gasteiger partial charge < -0.3 is 5.32 Å². The van der Waals surface area contributed by atoms with E-state index in [4.69, 9.17) is 0 Å². The third kappa shape index (κ3) is 2.43. The van der Waals surface area contributed by atoms with Crippen molar-refractivity contribution in [1.82, 2.24) is 10.2 Å². The molecule has 0 saturated carbocycles. The molecule has 1 heterocycles. The summed E-state index contributed by atoms with van der Waals surface area (Å²) in [4.78, 5) is 25.0. The monoisotopic (exact) mass is 246 g/mol. The SMILES string of the molecule is CNC(CN1C(=O)CC(C)C1=O)c1ccccc1. The summed E-state index contributed by atoms with van der Waals surface area (Å²) in [6.07, 6.45) is 0.337. The zero-order chi connectivity index (χ0) is 13.1. The number of rotatable bonds is 4. The van der Waals surface area contributed by atoms with Gasteiger partial charge in [-0.2, -0.15) is 0 Å². The molecule has 1 aromatic carbocycles. The summed E-state index contributed by atoms with van der Waals surface area (Å²) < 4.78 is 0. The molecule has 4 heteroatoms. The van der Waals surface area contributed by atoms with Gasteiger partial charge in [-0.05, 0) is 12.6 Å². The normalized spacial score (nSPS) is 21.4. The molecule has 1 fully saturated rings. The van der Waals surface area contributed by atoms with Crippen molar-refractivity contribution < 1.29 is 9.59 Å². The minimum absolute atomic E-state index is 0.00981. The summed E-state index contributed by atoms with van der Waals surface area (Å²) in [5, 5.41) is 3.16. The highest BCUT2D eigenvalue weighted by atomic mass is 16.2. The molecule has 2 rings (SSSR count). The summed E-state index contributed by atoms with van der Waals surface area (Å²) in [6, 6.07) is 9.84. The number of nitrogens with one attached hydrogen (secondary N) is 1. The van der Waals surface area contributed by atoms with Gasteiger partial charge in [0.05, 0.1) is 6.04 Å². The van der Waals surface area contributed by atoms with Gasteiger partial charge in [-0.15, -0.1) is 0 Å². The number of hydrogen-bond donors (Lipinski definition) is 1. The van der Waals surface area contributed by atoms with Crippen LogP contribution in [0.2, 0.25) is 0 Å². The van der Waals surface area contributed by atoms with Crippen molar-refractivity contribution in [2.75, 3.05) is 13.6 Å². The average molecular weight is 246 g/mol. The van der Waals surface area contributed by atoms with Crippen LogP contribution in [0.15, 0.2) is 30.3 Å². The molecule has 18 heavy (non-hydrogen) atoms. The second-order valence-electron chi connectivity index (χ2n) is 4.70. The number of likely N-dealkylation sites (tertiary alicyclic amines) is 1. The van der Waals surface area contributed by atoms with Crippen molar-refractivity contribution >= 4 is 11.8 Å². The predicted molar refractivity (Wildman–Crippen MR) is 68.7 cm³/mol. The Hall–Kier alpha value is -1.68.